The Hall–Kier alpha value is -4.36. The van der Waals surface area contributed by atoms with Crippen molar-refractivity contribution >= 4 is 27.7 Å². The third kappa shape index (κ3) is 3.04. The van der Waals surface area contributed by atoms with Crippen molar-refractivity contribution < 1.29 is 0 Å². The highest BCUT2D eigenvalue weighted by molar-refractivity contribution is 5.96. The fourth-order valence-corrected chi connectivity index (χ4v) is 6.85. The van der Waals surface area contributed by atoms with Gasteiger partial charge in [0.1, 0.15) is 0 Å². The van der Waals surface area contributed by atoms with Crippen molar-refractivity contribution in [1.82, 2.24) is 0 Å². The molecule has 1 nitrogen and oxygen atoms in total. The fraction of sp³-hybridized carbons (Fsp3) is 0.111. The number of hydrogen-bond donors (Lipinski definition) is 1. The van der Waals surface area contributed by atoms with Gasteiger partial charge in [-0.3, -0.25) is 0 Å². The molecule has 2 atom stereocenters. The third-order valence-corrected chi connectivity index (χ3v) is 8.40. The fourth-order valence-electron chi connectivity index (χ4n) is 6.85. The molecule has 0 fully saturated rings. The lowest BCUT2D eigenvalue weighted by atomic mass is 9.68. The highest BCUT2D eigenvalue weighted by Crippen LogP contribution is 2.63. The molecule has 1 spiro atoms. The second kappa shape index (κ2) is 8.35. The molecule has 178 valence electrons. The molecule has 7 rings (SSSR count). The van der Waals surface area contributed by atoms with Crippen LogP contribution in [0.15, 0.2) is 127 Å². The Morgan fingerprint density at radius 1 is 0.676 bits per heavy atom. The second-order valence-corrected chi connectivity index (χ2v) is 10.2. The van der Waals surface area contributed by atoms with E-state index < -0.39 is 0 Å². The number of fused-ring (bicyclic) bond motifs is 8. The topological polar surface area (TPSA) is 12.0 Å². The minimum atomic E-state index is -0.216. The predicted molar refractivity (Wildman–Crippen MR) is 157 cm³/mol. The van der Waals surface area contributed by atoms with Crippen molar-refractivity contribution in [3.63, 3.8) is 0 Å². The van der Waals surface area contributed by atoms with Gasteiger partial charge in [-0.15, -0.1) is 0 Å². The maximum Gasteiger partial charge on any atom is 0.0536 e. The van der Waals surface area contributed by atoms with Crippen LogP contribution >= 0.6 is 0 Å². The van der Waals surface area contributed by atoms with Crippen LogP contribution in [0, 0.1) is 5.92 Å². The minimum Gasteiger partial charge on any atom is -0.355 e. The summed E-state index contributed by atoms with van der Waals surface area (Å²) in [4.78, 5) is 0. The lowest BCUT2D eigenvalue weighted by molar-refractivity contribution is 0.531. The molecule has 0 amide bonds. The molecule has 0 aliphatic heterocycles. The van der Waals surface area contributed by atoms with Gasteiger partial charge in [0.25, 0.3) is 0 Å². The largest absolute Gasteiger partial charge is 0.355 e. The van der Waals surface area contributed by atoms with E-state index in [1.165, 1.54) is 49.7 Å². The van der Waals surface area contributed by atoms with Gasteiger partial charge in [-0.1, -0.05) is 116 Å². The summed E-state index contributed by atoms with van der Waals surface area (Å²) < 4.78 is 0. The highest BCUT2D eigenvalue weighted by atomic mass is 14.9. The molecule has 5 aromatic rings. The normalized spacial score (nSPS) is 20.5. The van der Waals surface area contributed by atoms with Crippen molar-refractivity contribution in [1.29, 1.82) is 0 Å². The quantitative estimate of drug-likeness (QED) is 0.274. The number of hydrogen-bond acceptors (Lipinski definition) is 1. The van der Waals surface area contributed by atoms with Gasteiger partial charge < -0.3 is 5.32 Å². The van der Waals surface area contributed by atoms with E-state index in [2.05, 4.69) is 147 Å². The first-order chi connectivity index (χ1) is 18.2. The molecule has 2 aliphatic rings. The molecule has 0 heterocycles. The number of nitrogens with one attached hydrogen (secondary N) is 1. The van der Waals surface area contributed by atoms with Crippen molar-refractivity contribution in [2.45, 2.75) is 19.3 Å². The van der Waals surface area contributed by atoms with Crippen molar-refractivity contribution in [3.8, 4) is 11.1 Å². The first kappa shape index (κ1) is 21.9. The Balaban J connectivity index is 1.46. The highest BCUT2D eigenvalue weighted by Gasteiger charge is 2.54. The van der Waals surface area contributed by atoms with Crippen LogP contribution in [0.3, 0.4) is 0 Å². The second-order valence-electron chi connectivity index (χ2n) is 10.2. The minimum absolute atomic E-state index is 0.216. The summed E-state index contributed by atoms with van der Waals surface area (Å²) in [5.41, 5.74) is 11.7. The molecule has 0 saturated carbocycles. The van der Waals surface area contributed by atoms with Gasteiger partial charge in [-0.2, -0.15) is 0 Å². The van der Waals surface area contributed by atoms with Gasteiger partial charge in [-0.25, -0.2) is 0 Å². The standard InChI is InChI=1S/C36H29N/c1-3-4-14-27-24(2)36(32-18-9-7-16-29(27)32)33-19-10-8-17-30(33)31-22-21-26(23-34(31)36)37-35-20-11-13-25-12-5-6-15-28(25)35/h3-24,37H,1-2H3/b4-3-,27-14+. The molecule has 0 saturated heterocycles. The maximum atomic E-state index is 3.77. The van der Waals surface area contributed by atoms with E-state index >= 15 is 0 Å². The number of rotatable bonds is 3. The summed E-state index contributed by atoms with van der Waals surface area (Å²) in [7, 11) is 0. The van der Waals surface area contributed by atoms with E-state index in [4.69, 9.17) is 0 Å². The predicted octanol–water partition coefficient (Wildman–Crippen LogP) is 9.51. The Morgan fingerprint density at radius 3 is 2.19 bits per heavy atom. The molecular formula is C36H29N. The summed E-state index contributed by atoms with van der Waals surface area (Å²) >= 11 is 0. The van der Waals surface area contributed by atoms with E-state index in [1.807, 2.05) is 0 Å². The number of anilines is 2. The average molecular weight is 476 g/mol. The van der Waals surface area contributed by atoms with E-state index in [0.717, 1.165) is 11.4 Å². The number of benzene rings is 5. The summed E-state index contributed by atoms with van der Waals surface area (Å²) in [6.45, 7) is 4.50. The summed E-state index contributed by atoms with van der Waals surface area (Å²) in [5, 5.41) is 6.25. The molecule has 0 radical (unpaired) electrons. The van der Waals surface area contributed by atoms with Gasteiger partial charge in [0, 0.05) is 16.8 Å². The zero-order chi connectivity index (χ0) is 25.0. The summed E-state index contributed by atoms with van der Waals surface area (Å²) in [5.74, 6) is 0.302. The van der Waals surface area contributed by atoms with Crippen LogP contribution in [0.2, 0.25) is 0 Å². The van der Waals surface area contributed by atoms with Crippen LogP contribution < -0.4 is 5.32 Å². The van der Waals surface area contributed by atoms with Crippen molar-refractivity contribution in [2.75, 3.05) is 5.32 Å². The van der Waals surface area contributed by atoms with E-state index in [9.17, 15) is 0 Å². The van der Waals surface area contributed by atoms with E-state index in [0.29, 0.717) is 5.92 Å². The van der Waals surface area contributed by atoms with Crippen molar-refractivity contribution in [3.05, 3.63) is 150 Å². The van der Waals surface area contributed by atoms with Gasteiger partial charge in [-0.05, 0) is 75.4 Å². The molecule has 0 aromatic heterocycles. The molecule has 2 unspecified atom stereocenters. The van der Waals surface area contributed by atoms with Crippen LogP contribution in [0.25, 0.3) is 27.5 Å². The summed E-state index contributed by atoms with van der Waals surface area (Å²) in [6.07, 6.45) is 6.62. The Morgan fingerprint density at radius 2 is 1.35 bits per heavy atom. The van der Waals surface area contributed by atoms with E-state index in [-0.39, 0.29) is 5.41 Å². The van der Waals surface area contributed by atoms with Crippen LogP contribution in [0.4, 0.5) is 11.4 Å². The van der Waals surface area contributed by atoms with Gasteiger partial charge in [0.2, 0.25) is 0 Å². The first-order valence-corrected chi connectivity index (χ1v) is 13.2. The lowest BCUT2D eigenvalue weighted by Gasteiger charge is -2.34. The zero-order valence-corrected chi connectivity index (χ0v) is 21.2. The summed E-state index contributed by atoms with van der Waals surface area (Å²) in [6, 6.07) is 40.0. The van der Waals surface area contributed by atoms with Crippen LogP contribution in [-0.2, 0) is 5.41 Å². The molecule has 1 N–H and O–H groups in total. The molecule has 2 aliphatic carbocycles. The lowest BCUT2D eigenvalue weighted by Crippen LogP contribution is -2.30. The van der Waals surface area contributed by atoms with Gasteiger partial charge in [0.15, 0.2) is 0 Å². The smallest absolute Gasteiger partial charge is 0.0536 e. The molecular weight excluding hydrogens is 446 g/mol. The zero-order valence-electron chi connectivity index (χ0n) is 21.2. The molecule has 0 bridgehead atoms. The van der Waals surface area contributed by atoms with Crippen LogP contribution in [0.5, 0.6) is 0 Å². The number of allylic oxidation sites excluding steroid dienone is 4. The first-order valence-electron chi connectivity index (χ1n) is 13.2. The van der Waals surface area contributed by atoms with Gasteiger partial charge >= 0.3 is 0 Å². The molecule has 1 heteroatoms. The maximum absolute atomic E-state index is 3.77. The van der Waals surface area contributed by atoms with E-state index in [1.54, 1.807) is 0 Å². The molecule has 5 aromatic carbocycles. The SMILES string of the molecule is C/C=C\C=C1\c2ccccc2C2(c3ccccc3-c3ccc(Nc4cccc5ccccc45)cc32)C1C. The third-order valence-electron chi connectivity index (χ3n) is 8.40. The van der Waals surface area contributed by atoms with Gasteiger partial charge in [0.05, 0.1) is 5.41 Å². The monoisotopic (exact) mass is 475 g/mol. The van der Waals surface area contributed by atoms with Crippen LogP contribution in [-0.4, -0.2) is 0 Å². The molecule has 37 heavy (non-hydrogen) atoms. The van der Waals surface area contributed by atoms with Crippen LogP contribution in [0.1, 0.15) is 36.1 Å². The Labute approximate surface area is 218 Å². The Bertz CT molecular complexity index is 1730. The average Bonchev–Trinajstić information content (AvgIpc) is 3.37. The van der Waals surface area contributed by atoms with Crippen molar-refractivity contribution in [2.24, 2.45) is 5.92 Å². The Kier molecular flexibility index (Phi) is 4.94.